The van der Waals surface area contributed by atoms with E-state index in [1.807, 2.05) is 6.08 Å². The van der Waals surface area contributed by atoms with Crippen molar-refractivity contribution in [1.29, 1.82) is 0 Å². The standard InChI is InChI=1S/C15H31N.ClH.Na.H/c1-3-5-6-7-8-9-10-11-12-13-15-16-14-4-2;;;/h4,16H,2-3,5-15H2,1H3;1H;;/q;;+1;-1. The molecule has 0 aromatic heterocycles. The van der Waals surface area contributed by atoms with Crippen LogP contribution in [0.15, 0.2) is 12.7 Å². The first-order valence-corrected chi connectivity index (χ1v) is 7.23. The van der Waals surface area contributed by atoms with Crippen molar-refractivity contribution >= 4 is 12.4 Å². The molecule has 0 unspecified atom stereocenters. The molecule has 18 heavy (non-hydrogen) atoms. The van der Waals surface area contributed by atoms with Crippen LogP contribution in [0.2, 0.25) is 0 Å². The van der Waals surface area contributed by atoms with E-state index in [0.29, 0.717) is 0 Å². The molecule has 0 aromatic carbocycles. The molecule has 0 rings (SSSR count). The Kier molecular flexibility index (Phi) is 30.9. The van der Waals surface area contributed by atoms with Crippen LogP contribution in [0.25, 0.3) is 0 Å². The molecule has 0 aliphatic heterocycles. The molecule has 0 heterocycles. The van der Waals surface area contributed by atoms with Gasteiger partial charge in [0, 0.05) is 6.54 Å². The Morgan fingerprint density at radius 3 is 1.78 bits per heavy atom. The summed E-state index contributed by atoms with van der Waals surface area (Å²) in [5, 5.41) is 3.34. The molecule has 0 amide bonds. The minimum atomic E-state index is 0. The molecule has 106 valence electrons. The summed E-state index contributed by atoms with van der Waals surface area (Å²) in [6.45, 7) is 8.08. The van der Waals surface area contributed by atoms with Crippen molar-refractivity contribution in [2.75, 3.05) is 13.1 Å². The normalized spacial score (nSPS) is 9.39. The van der Waals surface area contributed by atoms with Crippen molar-refractivity contribution in [3.8, 4) is 0 Å². The Bertz CT molecular complexity index is 148. The summed E-state index contributed by atoms with van der Waals surface area (Å²) < 4.78 is 0. The molecular formula is C15H33ClNNa. The third kappa shape index (κ3) is 22.2. The smallest absolute Gasteiger partial charge is 1.00 e. The van der Waals surface area contributed by atoms with E-state index in [0.717, 1.165) is 13.1 Å². The van der Waals surface area contributed by atoms with Crippen LogP contribution < -0.4 is 34.9 Å². The van der Waals surface area contributed by atoms with Gasteiger partial charge in [-0.15, -0.1) is 19.0 Å². The molecular weight excluding hydrogens is 253 g/mol. The maximum atomic E-state index is 3.69. The van der Waals surface area contributed by atoms with Crippen LogP contribution in [0, 0.1) is 0 Å². The van der Waals surface area contributed by atoms with Crippen molar-refractivity contribution in [2.24, 2.45) is 0 Å². The Morgan fingerprint density at radius 1 is 0.889 bits per heavy atom. The first-order valence-electron chi connectivity index (χ1n) is 7.23. The molecule has 0 fully saturated rings. The summed E-state index contributed by atoms with van der Waals surface area (Å²) in [5.41, 5.74) is 0. The zero-order chi connectivity index (χ0) is 11.9. The Balaban J connectivity index is -0.000000375. The minimum Gasteiger partial charge on any atom is -1.00 e. The molecule has 0 saturated heterocycles. The molecule has 3 heteroatoms. The summed E-state index contributed by atoms with van der Waals surface area (Å²) in [6.07, 6.45) is 16.1. The molecule has 0 aliphatic rings. The topological polar surface area (TPSA) is 12.0 Å². The average molecular weight is 286 g/mol. The van der Waals surface area contributed by atoms with Crippen LogP contribution in [0.3, 0.4) is 0 Å². The predicted molar refractivity (Wildman–Crippen MR) is 83.3 cm³/mol. The van der Waals surface area contributed by atoms with Gasteiger partial charge in [0.2, 0.25) is 0 Å². The fourth-order valence-electron chi connectivity index (χ4n) is 1.94. The van der Waals surface area contributed by atoms with Crippen LogP contribution in [0.5, 0.6) is 0 Å². The van der Waals surface area contributed by atoms with Crippen molar-refractivity contribution in [3.05, 3.63) is 12.7 Å². The summed E-state index contributed by atoms with van der Waals surface area (Å²) in [4.78, 5) is 0. The van der Waals surface area contributed by atoms with Crippen molar-refractivity contribution in [2.45, 2.75) is 71.1 Å². The van der Waals surface area contributed by atoms with E-state index < -0.39 is 0 Å². The van der Waals surface area contributed by atoms with E-state index in [9.17, 15) is 0 Å². The van der Waals surface area contributed by atoms with Gasteiger partial charge in [-0.3, -0.25) is 0 Å². The maximum absolute atomic E-state index is 3.69. The fraction of sp³-hybridized carbons (Fsp3) is 0.867. The third-order valence-electron chi connectivity index (χ3n) is 3.00. The van der Waals surface area contributed by atoms with Gasteiger partial charge < -0.3 is 6.74 Å². The second-order valence-corrected chi connectivity index (χ2v) is 4.67. The molecule has 0 aliphatic carbocycles. The van der Waals surface area contributed by atoms with Crippen molar-refractivity contribution < 1.29 is 31.0 Å². The van der Waals surface area contributed by atoms with Crippen LogP contribution in [0.4, 0.5) is 0 Å². The van der Waals surface area contributed by atoms with E-state index in [2.05, 4.69) is 18.8 Å². The zero-order valence-corrected chi connectivity index (χ0v) is 15.5. The van der Waals surface area contributed by atoms with Gasteiger partial charge in [-0.25, -0.2) is 0 Å². The van der Waals surface area contributed by atoms with Crippen LogP contribution >= 0.6 is 12.4 Å². The van der Waals surface area contributed by atoms with Gasteiger partial charge >= 0.3 is 29.6 Å². The third-order valence-corrected chi connectivity index (χ3v) is 3.00. The van der Waals surface area contributed by atoms with Gasteiger partial charge in [-0.05, 0) is 13.0 Å². The van der Waals surface area contributed by atoms with Gasteiger partial charge in [-0.1, -0.05) is 70.8 Å². The van der Waals surface area contributed by atoms with Gasteiger partial charge in [0.25, 0.3) is 0 Å². The Hall–Kier alpha value is 0.990. The van der Waals surface area contributed by atoms with Gasteiger partial charge in [0.15, 0.2) is 0 Å². The summed E-state index contributed by atoms with van der Waals surface area (Å²) in [5.74, 6) is 0. The van der Waals surface area contributed by atoms with E-state index >= 15 is 0 Å². The predicted octanol–water partition coefficient (Wildman–Crippen LogP) is 2.22. The largest absolute Gasteiger partial charge is 1.00 e. The minimum absolute atomic E-state index is 0. The van der Waals surface area contributed by atoms with Gasteiger partial charge in [-0.2, -0.15) is 0 Å². The molecule has 0 bridgehead atoms. The molecule has 0 spiro atoms. The van der Waals surface area contributed by atoms with Gasteiger partial charge in [0.1, 0.15) is 0 Å². The molecule has 0 saturated carbocycles. The molecule has 0 aromatic rings. The molecule has 1 nitrogen and oxygen atoms in total. The Morgan fingerprint density at radius 2 is 1.33 bits per heavy atom. The van der Waals surface area contributed by atoms with Crippen molar-refractivity contribution in [3.63, 3.8) is 0 Å². The number of hydrogen-bond acceptors (Lipinski definition) is 1. The Labute approximate surface area is 145 Å². The number of rotatable bonds is 13. The number of nitrogens with one attached hydrogen (secondary N) is 1. The van der Waals surface area contributed by atoms with E-state index in [1.54, 1.807) is 0 Å². The summed E-state index contributed by atoms with van der Waals surface area (Å²) >= 11 is 0. The van der Waals surface area contributed by atoms with E-state index in [-0.39, 0.29) is 43.4 Å². The SMILES string of the molecule is C=CCNCCCCCCCCCCCC.Cl.[H-].[Na+]. The molecule has 0 radical (unpaired) electrons. The van der Waals surface area contributed by atoms with Gasteiger partial charge in [0.05, 0.1) is 0 Å². The number of halogens is 1. The molecule has 1 N–H and O–H groups in total. The first-order chi connectivity index (χ1) is 7.91. The fourth-order valence-corrected chi connectivity index (χ4v) is 1.94. The van der Waals surface area contributed by atoms with Crippen LogP contribution in [-0.2, 0) is 0 Å². The monoisotopic (exact) mass is 285 g/mol. The quantitative estimate of drug-likeness (QED) is 0.311. The summed E-state index contributed by atoms with van der Waals surface area (Å²) in [7, 11) is 0. The summed E-state index contributed by atoms with van der Waals surface area (Å²) in [6, 6.07) is 0. The average Bonchev–Trinajstić information content (AvgIpc) is 2.31. The van der Waals surface area contributed by atoms with Crippen LogP contribution in [0.1, 0.15) is 72.6 Å². The first kappa shape index (κ1) is 24.0. The molecule has 0 atom stereocenters. The van der Waals surface area contributed by atoms with Crippen molar-refractivity contribution in [1.82, 2.24) is 5.32 Å². The maximum Gasteiger partial charge on any atom is 1.00 e. The van der Waals surface area contributed by atoms with E-state index in [4.69, 9.17) is 0 Å². The number of unbranched alkanes of at least 4 members (excludes halogenated alkanes) is 9. The van der Waals surface area contributed by atoms with Crippen LogP contribution in [-0.4, -0.2) is 13.1 Å². The second kappa shape index (κ2) is 23.1. The second-order valence-electron chi connectivity index (χ2n) is 4.67. The van der Waals surface area contributed by atoms with E-state index in [1.165, 1.54) is 64.2 Å². The zero-order valence-electron chi connectivity index (χ0n) is 13.7. The number of hydrogen-bond donors (Lipinski definition) is 1.